The number of amides is 1. The molecular weight excluding hydrogens is 282 g/mol. The molecule has 3 rings (SSSR count). The van der Waals surface area contributed by atoms with E-state index in [0.717, 1.165) is 41.3 Å². The molecule has 110 valence electrons. The molecule has 5 heteroatoms. The third-order valence-corrected chi connectivity index (χ3v) is 5.22. The fourth-order valence-electron chi connectivity index (χ4n) is 2.94. The van der Waals surface area contributed by atoms with E-state index in [1.165, 1.54) is 11.3 Å². The van der Waals surface area contributed by atoms with E-state index in [4.69, 9.17) is 0 Å². The van der Waals surface area contributed by atoms with Crippen LogP contribution in [0, 0.1) is 13.8 Å². The molecule has 0 N–H and O–H groups in total. The number of rotatable bonds is 2. The Kier molecular flexibility index (Phi) is 3.53. The van der Waals surface area contributed by atoms with Gasteiger partial charge in [0.2, 0.25) is 0 Å². The SMILES string of the molecule is Cc1ccnc([C@@]2(C)CCCN2C(=O)c2sccc2C)n1. The third-order valence-electron chi connectivity index (χ3n) is 4.22. The minimum atomic E-state index is -0.403. The Balaban J connectivity index is 1.99. The number of hydrogen-bond acceptors (Lipinski definition) is 4. The Labute approximate surface area is 128 Å². The van der Waals surface area contributed by atoms with Crippen LogP contribution in [0.25, 0.3) is 0 Å². The van der Waals surface area contributed by atoms with Gasteiger partial charge in [0.05, 0.1) is 4.88 Å². The van der Waals surface area contributed by atoms with Crippen LogP contribution in [0.2, 0.25) is 0 Å². The van der Waals surface area contributed by atoms with Crippen LogP contribution in [0.5, 0.6) is 0 Å². The molecule has 0 aliphatic carbocycles. The fourth-order valence-corrected chi connectivity index (χ4v) is 3.82. The monoisotopic (exact) mass is 301 g/mol. The summed E-state index contributed by atoms with van der Waals surface area (Å²) in [7, 11) is 0. The van der Waals surface area contributed by atoms with E-state index in [-0.39, 0.29) is 5.91 Å². The number of carbonyl (C=O) groups excluding carboxylic acids is 1. The predicted octanol–water partition coefficient (Wildman–Crippen LogP) is 3.31. The third kappa shape index (κ3) is 2.35. The first kappa shape index (κ1) is 14.2. The maximum atomic E-state index is 12.9. The molecule has 1 saturated heterocycles. The standard InChI is InChI=1S/C16H19N3OS/c1-11-6-10-21-13(11)14(20)19-9-4-7-16(19,3)15-17-8-5-12(2)18-15/h5-6,8,10H,4,7,9H2,1-3H3/t16-/m1/s1. The lowest BCUT2D eigenvalue weighted by Crippen LogP contribution is -2.44. The van der Waals surface area contributed by atoms with Gasteiger partial charge in [0.25, 0.3) is 5.91 Å². The number of aromatic nitrogens is 2. The predicted molar refractivity (Wildman–Crippen MR) is 83.4 cm³/mol. The van der Waals surface area contributed by atoms with Crippen molar-refractivity contribution >= 4 is 17.2 Å². The maximum Gasteiger partial charge on any atom is 0.265 e. The summed E-state index contributed by atoms with van der Waals surface area (Å²) in [6.45, 7) is 6.79. The number of aryl methyl sites for hydroxylation is 2. The largest absolute Gasteiger partial charge is 0.325 e. The van der Waals surface area contributed by atoms with Crippen molar-refractivity contribution in [1.29, 1.82) is 0 Å². The van der Waals surface area contributed by atoms with Gasteiger partial charge in [-0.1, -0.05) is 0 Å². The molecule has 0 radical (unpaired) electrons. The molecule has 4 nitrogen and oxygen atoms in total. The average Bonchev–Trinajstić information content (AvgIpc) is 3.05. The van der Waals surface area contributed by atoms with Gasteiger partial charge in [-0.25, -0.2) is 9.97 Å². The van der Waals surface area contributed by atoms with Crippen LogP contribution in [-0.2, 0) is 5.54 Å². The van der Waals surface area contributed by atoms with Crippen molar-refractivity contribution in [3.8, 4) is 0 Å². The van der Waals surface area contributed by atoms with Gasteiger partial charge in [0, 0.05) is 18.4 Å². The van der Waals surface area contributed by atoms with Crippen LogP contribution >= 0.6 is 11.3 Å². The quantitative estimate of drug-likeness (QED) is 0.855. The van der Waals surface area contributed by atoms with E-state index < -0.39 is 5.54 Å². The minimum absolute atomic E-state index is 0.104. The molecule has 0 spiro atoms. The first-order chi connectivity index (χ1) is 10.0. The molecule has 3 heterocycles. The number of thiophene rings is 1. The highest BCUT2D eigenvalue weighted by Crippen LogP contribution is 2.38. The number of nitrogens with zero attached hydrogens (tertiary/aromatic N) is 3. The van der Waals surface area contributed by atoms with Gasteiger partial charge in [-0.05, 0) is 56.7 Å². The molecule has 0 aromatic carbocycles. The smallest absolute Gasteiger partial charge is 0.265 e. The molecular formula is C16H19N3OS. The summed E-state index contributed by atoms with van der Waals surface area (Å²) in [6.07, 6.45) is 3.68. The topological polar surface area (TPSA) is 46.1 Å². The molecule has 1 aliphatic rings. The maximum absolute atomic E-state index is 12.9. The summed E-state index contributed by atoms with van der Waals surface area (Å²) in [5.41, 5.74) is 1.58. The molecule has 0 unspecified atom stereocenters. The van der Waals surface area contributed by atoms with Crippen molar-refractivity contribution in [2.75, 3.05) is 6.54 Å². The molecule has 0 saturated carbocycles. The molecule has 0 bridgehead atoms. The number of hydrogen-bond donors (Lipinski definition) is 0. The molecule has 1 atom stereocenters. The van der Waals surface area contributed by atoms with Crippen LogP contribution in [-0.4, -0.2) is 27.3 Å². The summed E-state index contributed by atoms with van der Waals surface area (Å²) in [5, 5.41) is 1.97. The summed E-state index contributed by atoms with van der Waals surface area (Å²) in [4.78, 5) is 24.6. The highest BCUT2D eigenvalue weighted by atomic mass is 32.1. The zero-order chi connectivity index (χ0) is 15.0. The highest BCUT2D eigenvalue weighted by Gasteiger charge is 2.44. The summed E-state index contributed by atoms with van der Waals surface area (Å²) in [6, 6.07) is 3.88. The molecule has 2 aromatic rings. The van der Waals surface area contributed by atoms with E-state index >= 15 is 0 Å². The van der Waals surface area contributed by atoms with Crippen molar-refractivity contribution in [3.05, 3.63) is 45.7 Å². The molecule has 2 aromatic heterocycles. The van der Waals surface area contributed by atoms with Gasteiger partial charge < -0.3 is 4.90 Å². The lowest BCUT2D eigenvalue weighted by molar-refractivity contribution is 0.0608. The van der Waals surface area contributed by atoms with Crippen LogP contribution in [0.3, 0.4) is 0 Å². The normalized spacial score (nSPS) is 21.8. The van der Waals surface area contributed by atoms with Gasteiger partial charge in [-0.3, -0.25) is 4.79 Å². The van der Waals surface area contributed by atoms with E-state index in [1.54, 1.807) is 6.20 Å². The molecule has 1 amide bonds. The van der Waals surface area contributed by atoms with E-state index in [9.17, 15) is 4.79 Å². The highest BCUT2D eigenvalue weighted by molar-refractivity contribution is 7.12. The van der Waals surface area contributed by atoms with Gasteiger partial charge in [-0.2, -0.15) is 0 Å². The van der Waals surface area contributed by atoms with Crippen LogP contribution < -0.4 is 0 Å². The second-order valence-electron chi connectivity index (χ2n) is 5.79. The van der Waals surface area contributed by atoms with Crippen LogP contribution in [0.1, 0.15) is 46.5 Å². The zero-order valence-corrected chi connectivity index (χ0v) is 13.4. The van der Waals surface area contributed by atoms with Crippen molar-refractivity contribution < 1.29 is 4.79 Å². The zero-order valence-electron chi connectivity index (χ0n) is 12.6. The first-order valence-corrected chi connectivity index (χ1v) is 8.06. The lowest BCUT2D eigenvalue weighted by atomic mass is 9.97. The Morgan fingerprint density at radius 3 is 2.86 bits per heavy atom. The first-order valence-electron chi connectivity index (χ1n) is 7.18. The second kappa shape index (κ2) is 5.22. The van der Waals surface area contributed by atoms with E-state index in [2.05, 4.69) is 16.9 Å². The van der Waals surface area contributed by atoms with Crippen molar-refractivity contribution in [2.24, 2.45) is 0 Å². The summed E-state index contributed by atoms with van der Waals surface area (Å²) < 4.78 is 0. The Bertz CT molecular complexity index is 682. The van der Waals surface area contributed by atoms with Crippen LogP contribution in [0.4, 0.5) is 0 Å². The fraction of sp³-hybridized carbons (Fsp3) is 0.438. The van der Waals surface area contributed by atoms with E-state index in [0.29, 0.717) is 0 Å². The van der Waals surface area contributed by atoms with Gasteiger partial charge in [0.15, 0.2) is 5.82 Å². The van der Waals surface area contributed by atoms with Gasteiger partial charge in [-0.15, -0.1) is 11.3 Å². The summed E-state index contributed by atoms with van der Waals surface area (Å²) in [5.74, 6) is 0.857. The second-order valence-corrected chi connectivity index (χ2v) is 6.70. The Morgan fingerprint density at radius 1 is 1.38 bits per heavy atom. The molecule has 1 fully saturated rings. The lowest BCUT2D eigenvalue weighted by Gasteiger charge is -2.33. The number of likely N-dealkylation sites (tertiary alicyclic amines) is 1. The number of carbonyl (C=O) groups is 1. The van der Waals surface area contributed by atoms with Gasteiger partial charge >= 0.3 is 0 Å². The average molecular weight is 301 g/mol. The van der Waals surface area contributed by atoms with Crippen molar-refractivity contribution in [1.82, 2.24) is 14.9 Å². The van der Waals surface area contributed by atoms with E-state index in [1.807, 2.05) is 36.3 Å². The minimum Gasteiger partial charge on any atom is -0.325 e. The Hall–Kier alpha value is -1.75. The Morgan fingerprint density at radius 2 is 2.19 bits per heavy atom. The van der Waals surface area contributed by atoms with Crippen LogP contribution in [0.15, 0.2) is 23.7 Å². The molecule has 21 heavy (non-hydrogen) atoms. The van der Waals surface area contributed by atoms with Gasteiger partial charge in [0.1, 0.15) is 5.54 Å². The molecule has 1 aliphatic heterocycles. The van der Waals surface area contributed by atoms with Crippen molar-refractivity contribution in [2.45, 2.75) is 39.2 Å². The summed E-state index contributed by atoms with van der Waals surface area (Å²) >= 11 is 1.51. The van der Waals surface area contributed by atoms with Crippen molar-refractivity contribution in [3.63, 3.8) is 0 Å².